The Balaban J connectivity index is 1.66. The van der Waals surface area contributed by atoms with Crippen LogP contribution in [0.3, 0.4) is 0 Å². The lowest BCUT2D eigenvalue weighted by Crippen LogP contribution is -2.22. The Bertz CT molecular complexity index is 1300. The minimum atomic E-state index is -0.126. The third kappa shape index (κ3) is 3.57. The Kier molecular flexibility index (Phi) is 5.10. The Labute approximate surface area is 174 Å². The SMILES string of the molecule is COc1ccc2c(C)cc(N/N=C(/C)c3cn(C)n(-c4ccccc4)c3=O)nc2c1. The van der Waals surface area contributed by atoms with E-state index in [1.807, 2.05) is 68.6 Å². The first-order valence-electron chi connectivity index (χ1n) is 9.58. The quantitative estimate of drug-likeness (QED) is 0.407. The van der Waals surface area contributed by atoms with Crippen LogP contribution in [0.1, 0.15) is 18.1 Å². The number of hydrogen-bond acceptors (Lipinski definition) is 5. The van der Waals surface area contributed by atoms with Gasteiger partial charge in [0.05, 0.1) is 29.6 Å². The molecule has 0 aliphatic rings. The van der Waals surface area contributed by atoms with E-state index in [-0.39, 0.29) is 5.56 Å². The molecule has 0 saturated carbocycles. The van der Waals surface area contributed by atoms with Crippen LogP contribution in [-0.2, 0) is 7.05 Å². The third-order valence-corrected chi connectivity index (χ3v) is 5.01. The monoisotopic (exact) mass is 401 g/mol. The summed E-state index contributed by atoms with van der Waals surface area (Å²) in [5, 5.41) is 5.46. The van der Waals surface area contributed by atoms with Crippen molar-refractivity contribution in [2.45, 2.75) is 13.8 Å². The highest BCUT2D eigenvalue weighted by Gasteiger charge is 2.13. The molecule has 1 N–H and O–H groups in total. The van der Waals surface area contributed by atoms with Gasteiger partial charge < -0.3 is 4.74 Å². The summed E-state index contributed by atoms with van der Waals surface area (Å²) in [5.41, 5.74) is 6.65. The molecule has 0 fully saturated rings. The summed E-state index contributed by atoms with van der Waals surface area (Å²) >= 11 is 0. The van der Waals surface area contributed by atoms with Crippen molar-refractivity contribution in [3.63, 3.8) is 0 Å². The van der Waals surface area contributed by atoms with Crippen LogP contribution >= 0.6 is 0 Å². The van der Waals surface area contributed by atoms with E-state index in [4.69, 9.17) is 4.74 Å². The van der Waals surface area contributed by atoms with Gasteiger partial charge in [0.15, 0.2) is 0 Å². The zero-order valence-corrected chi connectivity index (χ0v) is 17.4. The Morgan fingerprint density at radius 1 is 1.13 bits per heavy atom. The van der Waals surface area contributed by atoms with Gasteiger partial charge in [0.2, 0.25) is 0 Å². The van der Waals surface area contributed by atoms with Crippen LogP contribution < -0.4 is 15.7 Å². The molecule has 7 nitrogen and oxygen atoms in total. The lowest BCUT2D eigenvalue weighted by Gasteiger charge is -2.08. The van der Waals surface area contributed by atoms with E-state index in [1.54, 1.807) is 29.6 Å². The Morgan fingerprint density at radius 3 is 2.63 bits per heavy atom. The molecule has 0 aliphatic carbocycles. The highest BCUT2D eigenvalue weighted by atomic mass is 16.5. The molecule has 0 amide bonds. The number of rotatable bonds is 5. The van der Waals surface area contributed by atoms with E-state index in [2.05, 4.69) is 15.5 Å². The third-order valence-electron chi connectivity index (χ3n) is 5.01. The van der Waals surface area contributed by atoms with Gasteiger partial charge in [-0.15, -0.1) is 0 Å². The first kappa shape index (κ1) is 19.4. The number of aromatic nitrogens is 3. The van der Waals surface area contributed by atoms with E-state index in [0.717, 1.165) is 27.9 Å². The Hall–Kier alpha value is -3.87. The van der Waals surface area contributed by atoms with Gasteiger partial charge in [-0.05, 0) is 49.7 Å². The molecule has 152 valence electrons. The summed E-state index contributed by atoms with van der Waals surface area (Å²) < 4.78 is 8.66. The first-order valence-corrected chi connectivity index (χ1v) is 9.58. The van der Waals surface area contributed by atoms with Gasteiger partial charge in [-0.3, -0.25) is 14.9 Å². The summed E-state index contributed by atoms with van der Waals surface area (Å²) in [6.45, 7) is 3.82. The first-order chi connectivity index (χ1) is 14.5. The summed E-state index contributed by atoms with van der Waals surface area (Å²) in [4.78, 5) is 17.6. The number of ether oxygens (including phenoxy) is 1. The van der Waals surface area contributed by atoms with E-state index >= 15 is 0 Å². The molecule has 4 aromatic rings. The van der Waals surface area contributed by atoms with Gasteiger partial charge in [0, 0.05) is 24.7 Å². The van der Waals surface area contributed by atoms with Crippen molar-refractivity contribution in [2.24, 2.45) is 12.1 Å². The van der Waals surface area contributed by atoms with Crippen molar-refractivity contribution >= 4 is 22.4 Å². The molecular weight excluding hydrogens is 378 g/mol. The number of fused-ring (bicyclic) bond motifs is 1. The van der Waals surface area contributed by atoms with Crippen LogP contribution in [0, 0.1) is 6.92 Å². The number of anilines is 1. The van der Waals surface area contributed by atoms with Crippen molar-refractivity contribution in [2.75, 3.05) is 12.5 Å². The maximum absolute atomic E-state index is 12.9. The number of pyridine rings is 1. The number of nitrogens with zero attached hydrogens (tertiary/aromatic N) is 4. The zero-order valence-electron chi connectivity index (χ0n) is 17.4. The maximum atomic E-state index is 12.9. The molecule has 4 rings (SSSR count). The van der Waals surface area contributed by atoms with Crippen molar-refractivity contribution < 1.29 is 4.74 Å². The smallest absolute Gasteiger partial charge is 0.280 e. The number of methoxy groups -OCH3 is 1. The average molecular weight is 401 g/mol. The molecule has 2 heterocycles. The van der Waals surface area contributed by atoms with Crippen LogP contribution in [0.4, 0.5) is 5.82 Å². The fourth-order valence-electron chi connectivity index (χ4n) is 3.44. The summed E-state index contributed by atoms with van der Waals surface area (Å²) in [6, 6.07) is 17.2. The van der Waals surface area contributed by atoms with Gasteiger partial charge in [-0.2, -0.15) is 5.10 Å². The largest absolute Gasteiger partial charge is 0.497 e. The lowest BCUT2D eigenvalue weighted by atomic mass is 10.1. The normalized spacial score (nSPS) is 11.7. The van der Waals surface area contributed by atoms with Crippen LogP contribution in [0.2, 0.25) is 0 Å². The minimum Gasteiger partial charge on any atom is -0.497 e. The van der Waals surface area contributed by atoms with Crippen molar-refractivity contribution in [3.8, 4) is 11.4 Å². The lowest BCUT2D eigenvalue weighted by molar-refractivity contribution is 0.415. The van der Waals surface area contributed by atoms with Crippen molar-refractivity contribution in [3.05, 3.63) is 82.3 Å². The van der Waals surface area contributed by atoms with Gasteiger partial charge >= 0.3 is 0 Å². The fourth-order valence-corrected chi connectivity index (χ4v) is 3.44. The predicted octanol–water partition coefficient (Wildman–Crippen LogP) is 3.88. The fraction of sp³-hybridized carbons (Fsp3) is 0.174. The van der Waals surface area contributed by atoms with E-state index in [0.29, 0.717) is 17.1 Å². The molecule has 0 atom stereocenters. The second-order valence-electron chi connectivity index (χ2n) is 7.09. The summed E-state index contributed by atoms with van der Waals surface area (Å²) in [5.74, 6) is 1.35. The van der Waals surface area contributed by atoms with Crippen LogP contribution in [-0.4, -0.2) is 27.2 Å². The van der Waals surface area contributed by atoms with Gasteiger partial charge in [-0.25, -0.2) is 9.67 Å². The van der Waals surface area contributed by atoms with Crippen LogP contribution in [0.5, 0.6) is 5.75 Å². The van der Waals surface area contributed by atoms with Gasteiger partial charge in [-0.1, -0.05) is 18.2 Å². The maximum Gasteiger partial charge on any atom is 0.280 e. The molecule has 0 bridgehead atoms. The molecule has 2 aromatic heterocycles. The van der Waals surface area contributed by atoms with Gasteiger partial charge in [0.25, 0.3) is 5.56 Å². The standard InChI is InChI=1S/C23H23N5O2/c1-15-12-22(24-21-13-18(30-4)10-11-19(15)21)26-25-16(2)20-14-27(3)28(23(20)29)17-8-6-5-7-9-17/h5-14H,1-4H3,(H,24,26)/b25-16-. The number of para-hydroxylation sites is 1. The second-order valence-corrected chi connectivity index (χ2v) is 7.09. The predicted molar refractivity (Wildman–Crippen MR) is 120 cm³/mol. The van der Waals surface area contributed by atoms with E-state index in [1.165, 1.54) is 0 Å². The average Bonchev–Trinajstić information content (AvgIpc) is 3.06. The number of hydrazone groups is 1. The van der Waals surface area contributed by atoms with Crippen LogP contribution in [0.25, 0.3) is 16.6 Å². The van der Waals surface area contributed by atoms with E-state index < -0.39 is 0 Å². The minimum absolute atomic E-state index is 0.126. The summed E-state index contributed by atoms with van der Waals surface area (Å²) in [7, 11) is 3.46. The highest BCUT2D eigenvalue weighted by molar-refractivity contribution is 5.98. The molecule has 30 heavy (non-hydrogen) atoms. The number of benzene rings is 2. The highest BCUT2D eigenvalue weighted by Crippen LogP contribution is 2.24. The second kappa shape index (κ2) is 7.87. The number of nitrogens with one attached hydrogen (secondary N) is 1. The number of hydrogen-bond donors (Lipinski definition) is 1. The Morgan fingerprint density at radius 2 is 1.90 bits per heavy atom. The molecule has 7 heteroatoms. The van der Waals surface area contributed by atoms with E-state index in [9.17, 15) is 4.79 Å². The molecule has 2 aromatic carbocycles. The molecule has 0 saturated heterocycles. The molecular formula is C23H23N5O2. The molecule has 0 unspecified atom stereocenters. The molecule has 0 aliphatic heterocycles. The van der Waals surface area contributed by atoms with Gasteiger partial charge in [0.1, 0.15) is 11.6 Å². The topological polar surface area (TPSA) is 73.4 Å². The van der Waals surface area contributed by atoms with Crippen molar-refractivity contribution in [1.29, 1.82) is 0 Å². The van der Waals surface area contributed by atoms with Crippen LogP contribution in [0.15, 0.2) is 70.7 Å². The van der Waals surface area contributed by atoms with Crippen molar-refractivity contribution in [1.82, 2.24) is 14.3 Å². The molecule has 0 spiro atoms. The summed E-state index contributed by atoms with van der Waals surface area (Å²) in [6.07, 6.45) is 1.78. The zero-order chi connectivity index (χ0) is 21.3. The number of aryl methyl sites for hydroxylation is 2. The molecule has 0 radical (unpaired) electrons.